The fourth-order valence-electron chi connectivity index (χ4n) is 3.95. The van der Waals surface area contributed by atoms with Gasteiger partial charge in [0, 0.05) is 5.56 Å². The standard InChI is InChI=1S/C24H27ClFN/c1-2-3-4-5-18-6-11-20(12-7-18)21-13-8-19(9-14-21)10-15-22-16-17-23(25)27-24(22)26/h8-9,13-14,16-18,20H,2-7,11-12H2,1H3. The minimum Gasteiger partial charge on any atom is -0.207 e. The number of unbranched alkanes of at least 4 members (excludes halogenated alkanes) is 2. The second-order valence-electron chi connectivity index (χ2n) is 7.56. The SMILES string of the molecule is CCCCCC1CCC(c2ccc(C#Cc3ccc(Cl)nc3F)cc2)CC1. The molecule has 0 saturated heterocycles. The highest BCUT2D eigenvalue weighted by molar-refractivity contribution is 6.29. The zero-order chi connectivity index (χ0) is 19.1. The maximum atomic E-state index is 13.7. The summed E-state index contributed by atoms with van der Waals surface area (Å²) in [7, 11) is 0. The number of aromatic nitrogens is 1. The van der Waals surface area contributed by atoms with Crippen LogP contribution in [-0.4, -0.2) is 4.98 Å². The Hall–Kier alpha value is -1.85. The smallest absolute Gasteiger partial charge is 0.207 e. The van der Waals surface area contributed by atoms with Crippen molar-refractivity contribution in [3.63, 3.8) is 0 Å². The maximum absolute atomic E-state index is 13.7. The summed E-state index contributed by atoms with van der Waals surface area (Å²) in [6.45, 7) is 2.27. The van der Waals surface area contributed by atoms with E-state index in [-0.39, 0.29) is 10.7 Å². The molecule has 1 aliphatic rings. The first kappa shape index (κ1) is 19.9. The molecule has 27 heavy (non-hydrogen) atoms. The van der Waals surface area contributed by atoms with Gasteiger partial charge in [-0.15, -0.1) is 0 Å². The van der Waals surface area contributed by atoms with Gasteiger partial charge in [-0.25, -0.2) is 4.98 Å². The molecular weight excluding hydrogens is 357 g/mol. The van der Waals surface area contributed by atoms with E-state index in [2.05, 4.69) is 35.9 Å². The van der Waals surface area contributed by atoms with Gasteiger partial charge in [0.25, 0.3) is 0 Å². The predicted octanol–water partition coefficient (Wildman–Crippen LogP) is 7.13. The third-order valence-electron chi connectivity index (χ3n) is 5.60. The number of hydrogen-bond donors (Lipinski definition) is 0. The van der Waals surface area contributed by atoms with Crippen LogP contribution in [0.4, 0.5) is 4.39 Å². The van der Waals surface area contributed by atoms with Gasteiger partial charge < -0.3 is 0 Å². The molecule has 0 aliphatic heterocycles. The molecule has 1 fully saturated rings. The van der Waals surface area contributed by atoms with E-state index in [9.17, 15) is 4.39 Å². The van der Waals surface area contributed by atoms with E-state index in [1.807, 2.05) is 12.1 Å². The van der Waals surface area contributed by atoms with Gasteiger partial charge >= 0.3 is 0 Å². The lowest BCUT2D eigenvalue weighted by Gasteiger charge is -2.29. The van der Waals surface area contributed by atoms with E-state index in [1.54, 1.807) is 12.1 Å². The number of benzene rings is 1. The first-order valence-electron chi connectivity index (χ1n) is 10.1. The van der Waals surface area contributed by atoms with Crippen molar-refractivity contribution in [2.45, 2.75) is 64.2 Å². The third kappa shape index (κ3) is 5.81. The summed E-state index contributed by atoms with van der Waals surface area (Å²) >= 11 is 5.67. The highest BCUT2D eigenvalue weighted by atomic mass is 35.5. The molecule has 0 N–H and O–H groups in total. The molecule has 0 unspecified atom stereocenters. The molecule has 1 aliphatic carbocycles. The Balaban J connectivity index is 1.56. The molecule has 142 valence electrons. The van der Waals surface area contributed by atoms with Crippen LogP contribution in [0.15, 0.2) is 36.4 Å². The highest BCUT2D eigenvalue weighted by Crippen LogP contribution is 2.37. The van der Waals surface area contributed by atoms with Crippen molar-refractivity contribution in [1.29, 1.82) is 0 Å². The lowest BCUT2D eigenvalue weighted by Crippen LogP contribution is -2.13. The summed E-state index contributed by atoms with van der Waals surface area (Å²) in [5.41, 5.74) is 2.57. The van der Waals surface area contributed by atoms with Crippen molar-refractivity contribution in [2.24, 2.45) is 5.92 Å². The molecule has 0 amide bonds. The molecule has 1 aromatic heterocycles. The van der Waals surface area contributed by atoms with Crippen molar-refractivity contribution in [3.8, 4) is 11.8 Å². The van der Waals surface area contributed by atoms with E-state index < -0.39 is 5.95 Å². The molecule has 0 bridgehead atoms. The van der Waals surface area contributed by atoms with Crippen LogP contribution in [0.25, 0.3) is 0 Å². The minimum absolute atomic E-state index is 0.141. The minimum atomic E-state index is -0.623. The van der Waals surface area contributed by atoms with Gasteiger partial charge in [0.1, 0.15) is 5.15 Å². The van der Waals surface area contributed by atoms with Gasteiger partial charge in [-0.2, -0.15) is 4.39 Å². The molecule has 1 saturated carbocycles. The van der Waals surface area contributed by atoms with Crippen LogP contribution in [-0.2, 0) is 0 Å². The summed E-state index contributed by atoms with van der Waals surface area (Å²) in [5.74, 6) is 6.84. The summed E-state index contributed by atoms with van der Waals surface area (Å²) in [4.78, 5) is 3.59. The number of pyridine rings is 1. The average Bonchev–Trinajstić information content (AvgIpc) is 2.69. The molecule has 0 spiro atoms. The van der Waals surface area contributed by atoms with Crippen LogP contribution in [0, 0.1) is 23.7 Å². The van der Waals surface area contributed by atoms with Crippen molar-refractivity contribution in [3.05, 3.63) is 64.2 Å². The van der Waals surface area contributed by atoms with Gasteiger partial charge in [-0.3, -0.25) is 0 Å². The highest BCUT2D eigenvalue weighted by Gasteiger charge is 2.21. The van der Waals surface area contributed by atoms with Crippen LogP contribution in [0.2, 0.25) is 5.15 Å². The van der Waals surface area contributed by atoms with Crippen LogP contribution in [0.1, 0.15) is 80.9 Å². The summed E-state index contributed by atoms with van der Waals surface area (Å²) < 4.78 is 13.7. The number of halogens is 2. The molecule has 3 heteroatoms. The van der Waals surface area contributed by atoms with Crippen molar-refractivity contribution in [1.82, 2.24) is 4.98 Å². The lowest BCUT2D eigenvalue weighted by molar-refractivity contribution is 0.303. The van der Waals surface area contributed by atoms with Gasteiger partial charge in [0.15, 0.2) is 0 Å². The van der Waals surface area contributed by atoms with Gasteiger partial charge in [-0.05, 0) is 67.3 Å². The topological polar surface area (TPSA) is 12.9 Å². The summed E-state index contributed by atoms with van der Waals surface area (Å²) in [6, 6.07) is 11.6. The Morgan fingerprint density at radius 2 is 1.74 bits per heavy atom. The van der Waals surface area contributed by atoms with Gasteiger partial charge in [-0.1, -0.05) is 68.2 Å². The number of hydrogen-bond acceptors (Lipinski definition) is 1. The number of nitrogens with zero attached hydrogens (tertiary/aromatic N) is 1. The monoisotopic (exact) mass is 383 g/mol. The maximum Gasteiger partial charge on any atom is 0.230 e. The largest absolute Gasteiger partial charge is 0.230 e. The van der Waals surface area contributed by atoms with Crippen LogP contribution in [0.5, 0.6) is 0 Å². The summed E-state index contributed by atoms with van der Waals surface area (Å²) in [5, 5.41) is 0.141. The second kappa shape index (κ2) is 9.90. The van der Waals surface area contributed by atoms with Crippen molar-refractivity contribution < 1.29 is 4.39 Å². The first-order chi connectivity index (χ1) is 13.2. The molecule has 2 aromatic rings. The molecular formula is C24H27ClFN. The predicted molar refractivity (Wildman–Crippen MR) is 110 cm³/mol. The molecule has 1 aromatic carbocycles. The Labute approximate surface area is 167 Å². The van der Waals surface area contributed by atoms with Crippen molar-refractivity contribution in [2.75, 3.05) is 0 Å². The summed E-state index contributed by atoms with van der Waals surface area (Å²) in [6.07, 6.45) is 10.8. The quantitative estimate of drug-likeness (QED) is 0.304. The van der Waals surface area contributed by atoms with Crippen LogP contribution in [0.3, 0.4) is 0 Å². The van der Waals surface area contributed by atoms with E-state index in [0.717, 1.165) is 11.5 Å². The van der Waals surface area contributed by atoms with Crippen LogP contribution >= 0.6 is 11.6 Å². The van der Waals surface area contributed by atoms with Crippen molar-refractivity contribution >= 4 is 11.6 Å². The Morgan fingerprint density at radius 3 is 2.41 bits per heavy atom. The first-order valence-corrected chi connectivity index (χ1v) is 10.5. The van der Waals surface area contributed by atoms with E-state index >= 15 is 0 Å². The molecule has 1 heterocycles. The van der Waals surface area contributed by atoms with Gasteiger partial charge in [0.2, 0.25) is 5.95 Å². The Morgan fingerprint density at radius 1 is 1.00 bits per heavy atom. The second-order valence-corrected chi connectivity index (χ2v) is 7.95. The molecule has 0 radical (unpaired) electrons. The van der Waals surface area contributed by atoms with E-state index in [1.165, 1.54) is 56.9 Å². The normalized spacial score (nSPS) is 19.4. The average molecular weight is 384 g/mol. The fourth-order valence-corrected chi connectivity index (χ4v) is 4.09. The zero-order valence-electron chi connectivity index (χ0n) is 16.0. The van der Waals surface area contributed by atoms with Crippen LogP contribution < -0.4 is 0 Å². The number of rotatable bonds is 5. The molecule has 3 rings (SSSR count). The Kier molecular flexibility index (Phi) is 7.30. The fraction of sp³-hybridized carbons (Fsp3) is 0.458. The lowest BCUT2D eigenvalue weighted by atomic mass is 9.77. The van der Waals surface area contributed by atoms with E-state index in [0.29, 0.717) is 5.92 Å². The molecule has 0 atom stereocenters. The van der Waals surface area contributed by atoms with E-state index in [4.69, 9.17) is 11.6 Å². The third-order valence-corrected chi connectivity index (χ3v) is 5.81. The Bertz CT molecular complexity index is 795. The van der Waals surface area contributed by atoms with Gasteiger partial charge in [0.05, 0.1) is 5.56 Å². The zero-order valence-corrected chi connectivity index (χ0v) is 16.7. The molecule has 1 nitrogen and oxygen atoms in total.